The number of ether oxygens (including phenoxy) is 2. The first-order chi connectivity index (χ1) is 12.4. The largest absolute Gasteiger partial charge is 0.504 e. The molecule has 5 heteroatoms. The fraction of sp³-hybridized carbons (Fsp3) is 0.190. The van der Waals surface area contributed by atoms with Crippen molar-refractivity contribution in [1.82, 2.24) is 0 Å². The zero-order valence-electron chi connectivity index (χ0n) is 14.9. The Morgan fingerprint density at radius 1 is 1.08 bits per heavy atom. The van der Waals surface area contributed by atoms with Gasteiger partial charge in [0.1, 0.15) is 5.75 Å². The van der Waals surface area contributed by atoms with Crippen LogP contribution < -0.4 is 9.47 Å². The van der Waals surface area contributed by atoms with E-state index in [0.29, 0.717) is 11.5 Å². The molecule has 1 aliphatic carbocycles. The number of carboxylic acid groups (broad SMARTS) is 1. The quantitative estimate of drug-likeness (QED) is 0.843. The molecule has 0 saturated heterocycles. The van der Waals surface area contributed by atoms with Crippen molar-refractivity contribution in [2.75, 3.05) is 14.2 Å². The molecule has 0 bridgehead atoms. The van der Waals surface area contributed by atoms with Gasteiger partial charge in [-0.25, -0.2) is 0 Å². The highest BCUT2D eigenvalue weighted by Crippen LogP contribution is 2.45. The molecule has 0 heterocycles. The summed E-state index contributed by atoms with van der Waals surface area (Å²) in [6.07, 6.45) is 1.92. The second-order valence-corrected chi connectivity index (χ2v) is 6.07. The predicted molar refractivity (Wildman–Crippen MR) is 100 cm³/mol. The lowest BCUT2D eigenvalue weighted by atomic mass is 10.00. The molecule has 0 unspecified atom stereocenters. The highest BCUT2D eigenvalue weighted by Gasteiger charge is 2.25. The van der Waals surface area contributed by atoms with Gasteiger partial charge in [-0.2, -0.15) is 0 Å². The van der Waals surface area contributed by atoms with Gasteiger partial charge in [-0.3, -0.25) is 4.79 Å². The number of methoxy groups -OCH3 is 2. The Morgan fingerprint density at radius 3 is 2.50 bits per heavy atom. The van der Waals surface area contributed by atoms with Gasteiger partial charge >= 0.3 is 5.97 Å². The molecule has 2 N–H and O–H groups in total. The third-order valence-electron chi connectivity index (χ3n) is 4.54. The van der Waals surface area contributed by atoms with Crippen LogP contribution in [0, 0.1) is 0 Å². The molecule has 5 nitrogen and oxygen atoms in total. The van der Waals surface area contributed by atoms with Gasteiger partial charge in [0.2, 0.25) is 0 Å². The fourth-order valence-electron chi connectivity index (χ4n) is 3.22. The van der Waals surface area contributed by atoms with Gasteiger partial charge in [0.15, 0.2) is 11.5 Å². The van der Waals surface area contributed by atoms with Gasteiger partial charge in [-0.15, -0.1) is 0 Å². The van der Waals surface area contributed by atoms with Crippen LogP contribution in [0.4, 0.5) is 0 Å². The van der Waals surface area contributed by atoms with E-state index in [-0.39, 0.29) is 12.2 Å². The smallest absolute Gasteiger partial charge is 0.307 e. The summed E-state index contributed by atoms with van der Waals surface area (Å²) in [5, 5.41) is 19.1. The number of benzene rings is 2. The van der Waals surface area contributed by atoms with Gasteiger partial charge in [-0.1, -0.05) is 12.1 Å². The van der Waals surface area contributed by atoms with E-state index in [2.05, 4.69) is 0 Å². The van der Waals surface area contributed by atoms with Gasteiger partial charge in [0.05, 0.1) is 20.6 Å². The second-order valence-electron chi connectivity index (χ2n) is 6.07. The van der Waals surface area contributed by atoms with Gasteiger partial charge in [-0.05, 0) is 70.7 Å². The van der Waals surface area contributed by atoms with Gasteiger partial charge in [0.25, 0.3) is 0 Å². The molecule has 1 aliphatic rings. The minimum atomic E-state index is -0.874. The third-order valence-corrected chi connectivity index (χ3v) is 4.54. The number of fused-ring (bicyclic) bond motifs is 1. The molecule has 0 fully saturated rings. The Kier molecular flexibility index (Phi) is 4.71. The van der Waals surface area contributed by atoms with E-state index in [9.17, 15) is 15.0 Å². The number of carbonyl (C=O) groups is 1. The summed E-state index contributed by atoms with van der Waals surface area (Å²) < 4.78 is 10.5. The SMILES string of the molecule is COc1ccc2c(c1)C(CC(=O)O)=C(C)/C2=C/c1ccc(O)c(OC)c1. The van der Waals surface area contributed by atoms with Crippen LogP contribution in [0.1, 0.15) is 30.0 Å². The van der Waals surface area contributed by atoms with E-state index in [1.165, 1.54) is 7.11 Å². The van der Waals surface area contributed by atoms with Crippen LogP contribution >= 0.6 is 0 Å². The van der Waals surface area contributed by atoms with Crippen molar-refractivity contribution in [2.45, 2.75) is 13.3 Å². The fourth-order valence-corrected chi connectivity index (χ4v) is 3.22. The van der Waals surface area contributed by atoms with Crippen LogP contribution in [0.3, 0.4) is 0 Å². The van der Waals surface area contributed by atoms with E-state index < -0.39 is 5.97 Å². The number of rotatable bonds is 5. The molecule has 2 aromatic rings. The first-order valence-corrected chi connectivity index (χ1v) is 8.14. The summed E-state index contributed by atoms with van der Waals surface area (Å²) in [4.78, 5) is 11.3. The van der Waals surface area contributed by atoms with E-state index in [1.54, 1.807) is 25.3 Å². The Morgan fingerprint density at radius 2 is 1.85 bits per heavy atom. The Bertz CT molecular complexity index is 937. The lowest BCUT2D eigenvalue weighted by molar-refractivity contribution is -0.135. The summed E-state index contributed by atoms with van der Waals surface area (Å²) in [5.74, 6) is 0.275. The number of phenols is 1. The average Bonchev–Trinajstić information content (AvgIpc) is 2.87. The molecule has 0 aromatic heterocycles. The lowest BCUT2D eigenvalue weighted by Gasteiger charge is -2.08. The normalized spacial score (nSPS) is 14.5. The first kappa shape index (κ1) is 17.6. The molecule has 0 radical (unpaired) electrons. The standard InChI is InChI=1S/C21H20O5/c1-12-16(8-13-4-7-19(22)20(9-13)26-3)15-6-5-14(25-2)10-18(15)17(12)11-21(23)24/h4-10,22H,11H2,1-3H3,(H,23,24)/b16-8-. The molecule has 26 heavy (non-hydrogen) atoms. The molecule has 3 rings (SSSR count). The summed E-state index contributed by atoms with van der Waals surface area (Å²) in [6, 6.07) is 10.8. The molecular formula is C21H20O5. The number of allylic oxidation sites excluding steroid dienone is 2. The van der Waals surface area contributed by atoms with Gasteiger partial charge < -0.3 is 19.7 Å². The second kappa shape index (κ2) is 6.96. The topological polar surface area (TPSA) is 76.0 Å². The molecule has 0 saturated carbocycles. The van der Waals surface area contributed by atoms with Crippen molar-refractivity contribution in [3.05, 3.63) is 58.7 Å². The Balaban J connectivity index is 2.15. The monoisotopic (exact) mass is 352 g/mol. The van der Waals surface area contributed by atoms with Crippen LogP contribution in [0.15, 0.2) is 42.0 Å². The van der Waals surface area contributed by atoms with Crippen molar-refractivity contribution >= 4 is 23.2 Å². The van der Waals surface area contributed by atoms with Crippen molar-refractivity contribution < 1.29 is 24.5 Å². The van der Waals surface area contributed by atoms with Crippen molar-refractivity contribution in [1.29, 1.82) is 0 Å². The van der Waals surface area contributed by atoms with Crippen LogP contribution in [0.5, 0.6) is 17.2 Å². The summed E-state index contributed by atoms with van der Waals surface area (Å²) in [7, 11) is 3.09. The number of hydrogen-bond acceptors (Lipinski definition) is 4. The predicted octanol–water partition coefficient (Wildman–Crippen LogP) is 4.21. The molecule has 2 aromatic carbocycles. The lowest BCUT2D eigenvalue weighted by Crippen LogP contribution is -1.97. The molecule has 134 valence electrons. The first-order valence-electron chi connectivity index (χ1n) is 8.14. The number of aromatic hydroxyl groups is 1. The van der Waals surface area contributed by atoms with Gasteiger partial charge in [0, 0.05) is 0 Å². The minimum Gasteiger partial charge on any atom is -0.504 e. The highest BCUT2D eigenvalue weighted by molar-refractivity contribution is 6.07. The van der Waals surface area contributed by atoms with Crippen molar-refractivity contribution in [3.63, 3.8) is 0 Å². The molecule has 0 amide bonds. The number of aliphatic carboxylic acids is 1. The zero-order chi connectivity index (χ0) is 18.8. The zero-order valence-corrected chi connectivity index (χ0v) is 14.9. The van der Waals surface area contributed by atoms with Crippen molar-refractivity contribution in [2.24, 2.45) is 0 Å². The van der Waals surface area contributed by atoms with Crippen LogP contribution in [-0.2, 0) is 4.79 Å². The molecule has 0 aliphatic heterocycles. The Hall–Kier alpha value is -3.21. The highest BCUT2D eigenvalue weighted by atomic mass is 16.5. The van der Waals surface area contributed by atoms with Crippen LogP contribution in [0.2, 0.25) is 0 Å². The van der Waals surface area contributed by atoms with Crippen molar-refractivity contribution in [3.8, 4) is 17.2 Å². The minimum absolute atomic E-state index is 0.0533. The molecule has 0 spiro atoms. The van der Waals surface area contributed by atoms with E-state index >= 15 is 0 Å². The van der Waals surface area contributed by atoms with E-state index in [0.717, 1.165) is 33.4 Å². The number of carboxylic acids is 1. The van der Waals surface area contributed by atoms with E-state index in [1.807, 2.05) is 31.2 Å². The average molecular weight is 352 g/mol. The maximum Gasteiger partial charge on any atom is 0.307 e. The molecular weight excluding hydrogens is 332 g/mol. The van der Waals surface area contributed by atoms with Crippen LogP contribution in [-0.4, -0.2) is 30.4 Å². The summed E-state index contributed by atoms with van der Waals surface area (Å²) in [5.41, 5.74) is 5.35. The van der Waals surface area contributed by atoms with E-state index in [4.69, 9.17) is 9.47 Å². The third kappa shape index (κ3) is 3.16. The molecule has 0 atom stereocenters. The maximum absolute atomic E-state index is 11.3. The maximum atomic E-state index is 11.3. The summed E-state index contributed by atoms with van der Waals surface area (Å²) >= 11 is 0. The summed E-state index contributed by atoms with van der Waals surface area (Å²) in [6.45, 7) is 1.92. The van der Waals surface area contributed by atoms with Crippen LogP contribution in [0.25, 0.3) is 17.2 Å². The Labute approximate surface area is 151 Å². The number of hydrogen-bond donors (Lipinski definition) is 2. The number of phenolic OH excluding ortho intramolecular Hbond substituents is 1.